The molecule has 7 nitrogen and oxygen atoms in total. The van der Waals surface area contributed by atoms with E-state index in [0.29, 0.717) is 23.4 Å². The summed E-state index contributed by atoms with van der Waals surface area (Å²) in [6.45, 7) is 2.18. The van der Waals surface area contributed by atoms with Gasteiger partial charge in [-0.2, -0.15) is 0 Å². The van der Waals surface area contributed by atoms with Crippen LogP contribution in [0.1, 0.15) is 38.3 Å². The number of carbonyl (C=O) groups excluding carboxylic acids is 1. The van der Waals surface area contributed by atoms with Crippen LogP contribution in [0.25, 0.3) is 11.4 Å². The number of amides is 1. The number of aromatic nitrogens is 3. The molecule has 0 unspecified atom stereocenters. The average Bonchev–Trinajstić information content (AvgIpc) is 3.22. The summed E-state index contributed by atoms with van der Waals surface area (Å²) in [4.78, 5) is 20.9. The Hall–Kier alpha value is -3.83. The highest BCUT2D eigenvalue weighted by Gasteiger charge is 2.24. The van der Waals surface area contributed by atoms with Crippen molar-refractivity contribution in [3.8, 4) is 23.2 Å². The molecule has 190 valence electrons. The van der Waals surface area contributed by atoms with Gasteiger partial charge in [0.1, 0.15) is 5.69 Å². The summed E-state index contributed by atoms with van der Waals surface area (Å²) >= 11 is 0. The smallest absolute Gasteiger partial charge is 0.253 e. The maximum Gasteiger partial charge on any atom is 0.253 e. The van der Waals surface area contributed by atoms with Gasteiger partial charge in [0, 0.05) is 50.6 Å². The van der Waals surface area contributed by atoms with Gasteiger partial charge >= 0.3 is 0 Å². The number of rotatable bonds is 5. The van der Waals surface area contributed by atoms with E-state index in [-0.39, 0.29) is 36.7 Å². The molecule has 1 aliphatic rings. The summed E-state index contributed by atoms with van der Waals surface area (Å²) in [5.41, 5.74) is 12.9. The Kier molecular flexibility index (Phi) is 9.31. The molecule has 4 N–H and O–H groups in total. The highest BCUT2D eigenvalue weighted by atomic mass is 35.5. The number of nitrogens with zero attached hydrogens (tertiary/aromatic N) is 3. The molecule has 0 atom stereocenters. The third kappa shape index (κ3) is 6.30. The van der Waals surface area contributed by atoms with Gasteiger partial charge in [-0.3, -0.25) is 4.79 Å². The van der Waals surface area contributed by atoms with Crippen molar-refractivity contribution in [3.05, 3.63) is 100 Å². The van der Waals surface area contributed by atoms with Crippen LogP contribution in [0, 0.1) is 11.8 Å². The lowest BCUT2D eigenvalue weighted by molar-refractivity contribution is 0.0945. The van der Waals surface area contributed by atoms with Gasteiger partial charge < -0.3 is 20.9 Å². The largest absolute Gasteiger partial charge is 0.368 e. The predicted molar refractivity (Wildman–Crippen MR) is 151 cm³/mol. The number of hydrogen-bond donors (Lipinski definition) is 3. The van der Waals surface area contributed by atoms with Crippen LogP contribution in [-0.4, -0.2) is 27.0 Å². The second-order valence-corrected chi connectivity index (χ2v) is 8.48. The van der Waals surface area contributed by atoms with Gasteiger partial charge in [-0.25, -0.2) is 9.97 Å². The predicted octanol–water partition coefficient (Wildman–Crippen LogP) is 3.88. The van der Waals surface area contributed by atoms with Gasteiger partial charge in [-0.15, -0.1) is 24.8 Å². The van der Waals surface area contributed by atoms with Gasteiger partial charge in [0.05, 0.1) is 16.8 Å². The van der Waals surface area contributed by atoms with Gasteiger partial charge in [0.2, 0.25) is 5.95 Å². The molecular weight excluding hydrogens is 507 g/mol. The van der Waals surface area contributed by atoms with Crippen LogP contribution in [0.5, 0.6) is 0 Å². The van der Waals surface area contributed by atoms with E-state index in [1.54, 1.807) is 6.20 Å². The zero-order valence-electron chi connectivity index (χ0n) is 20.3. The van der Waals surface area contributed by atoms with Crippen molar-refractivity contribution in [2.45, 2.75) is 19.5 Å². The zero-order chi connectivity index (χ0) is 24.2. The highest BCUT2D eigenvalue weighted by molar-refractivity contribution is 5.98. The Balaban J connectivity index is 0.00000190. The summed E-state index contributed by atoms with van der Waals surface area (Å²) in [6.07, 6.45) is 2.41. The molecule has 0 radical (unpaired) electrons. The number of anilines is 1. The number of carbonyl (C=O) groups is 1. The van der Waals surface area contributed by atoms with Crippen molar-refractivity contribution in [1.82, 2.24) is 25.2 Å². The van der Waals surface area contributed by atoms with Crippen LogP contribution < -0.4 is 16.4 Å². The summed E-state index contributed by atoms with van der Waals surface area (Å²) < 4.78 is 2.00. The summed E-state index contributed by atoms with van der Waals surface area (Å²) in [7, 11) is 1.94. The normalized spacial score (nSPS) is 11.8. The molecule has 0 bridgehead atoms. The number of halogens is 2. The Morgan fingerprint density at radius 3 is 2.57 bits per heavy atom. The number of fused-ring (bicyclic) bond motifs is 1. The first-order valence-corrected chi connectivity index (χ1v) is 11.5. The molecular formula is C28H28Cl2N6O. The van der Waals surface area contributed by atoms with Gasteiger partial charge in [0.15, 0.2) is 0 Å². The van der Waals surface area contributed by atoms with Crippen molar-refractivity contribution in [1.29, 1.82) is 0 Å². The topological polar surface area (TPSA) is 97.9 Å². The Bertz CT molecular complexity index is 1460. The van der Waals surface area contributed by atoms with E-state index < -0.39 is 0 Å². The average molecular weight is 535 g/mol. The van der Waals surface area contributed by atoms with E-state index in [2.05, 4.69) is 56.7 Å². The van der Waals surface area contributed by atoms with Crippen molar-refractivity contribution < 1.29 is 4.79 Å². The van der Waals surface area contributed by atoms with Crippen molar-refractivity contribution in [2.24, 2.45) is 7.05 Å². The van der Waals surface area contributed by atoms with Gasteiger partial charge in [-0.1, -0.05) is 54.3 Å². The number of hydrogen-bond acceptors (Lipinski definition) is 5. The maximum absolute atomic E-state index is 12.3. The zero-order valence-corrected chi connectivity index (χ0v) is 22.0. The van der Waals surface area contributed by atoms with Crippen molar-refractivity contribution >= 4 is 36.7 Å². The maximum atomic E-state index is 12.3. The quantitative estimate of drug-likeness (QED) is 0.337. The molecule has 2 aromatic carbocycles. The fourth-order valence-corrected chi connectivity index (χ4v) is 4.29. The number of nitrogen functional groups attached to an aromatic ring is 1. The van der Waals surface area contributed by atoms with Gasteiger partial charge in [-0.05, 0) is 29.3 Å². The van der Waals surface area contributed by atoms with Gasteiger partial charge in [0.25, 0.3) is 5.91 Å². The molecule has 0 aliphatic carbocycles. The minimum atomic E-state index is -0.0690. The lowest BCUT2D eigenvalue weighted by Crippen LogP contribution is -2.31. The first-order valence-electron chi connectivity index (χ1n) is 11.5. The monoisotopic (exact) mass is 534 g/mol. The van der Waals surface area contributed by atoms with Crippen LogP contribution in [0.3, 0.4) is 0 Å². The minimum absolute atomic E-state index is 0. The molecule has 4 aromatic rings. The fourth-order valence-electron chi connectivity index (χ4n) is 4.29. The van der Waals surface area contributed by atoms with Crippen molar-refractivity contribution in [3.63, 3.8) is 0 Å². The fraction of sp³-hybridized carbons (Fsp3) is 0.179. The van der Waals surface area contributed by atoms with E-state index in [1.165, 1.54) is 5.56 Å². The second kappa shape index (κ2) is 12.4. The van der Waals surface area contributed by atoms with Crippen LogP contribution in [0.4, 0.5) is 5.95 Å². The van der Waals surface area contributed by atoms with E-state index in [0.717, 1.165) is 42.0 Å². The molecule has 0 spiro atoms. The molecule has 1 aliphatic heterocycles. The van der Waals surface area contributed by atoms with Crippen molar-refractivity contribution in [2.75, 3.05) is 12.3 Å². The Morgan fingerprint density at radius 2 is 1.78 bits per heavy atom. The number of nitrogens with one attached hydrogen (secondary N) is 2. The standard InChI is InChI=1S/C28H26N6O.2ClH/c1-34-24-12-13-31-27(35)23(24)15-25(34)26-22(18-32-28(29)33-26)11-10-19-8-5-9-21(14-19)17-30-16-20-6-3-2-4-7-20;;/h2-9,14-15,18,30H,12-13,16-17H2,1H3,(H,31,35)(H2,29,32,33);2*1H. The lowest BCUT2D eigenvalue weighted by Gasteiger charge is -2.14. The first-order chi connectivity index (χ1) is 17.1. The molecule has 37 heavy (non-hydrogen) atoms. The molecule has 1 amide bonds. The van der Waals surface area contributed by atoms with Crippen LogP contribution in [0.2, 0.25) is 0 Å². The second-order valence-electron chi connectivity index (χ2n) is 8.48. The molecule has 2 aromatic heterocycles. The third-order valence-corrected chi connectivity index (χ3v) is 6.07. The summed E-state index contributed by atoms with van der Waals surface area (Å²) in [6, 6.07) is 20.3. The van der Waals surface area contributed by atoms with Crippen LogP contribution in [-0.2, 0) is 26.6 Å². The lowest BCUT2D eigenvalue weighted by atomic mass is 10.1. The van der Waals surface area contributed by atoms with E-state index >= 15 is 0 Å². The summed E-state index contributed by atoms with van der Waals surface area (Å²) in [5, 5.41) is 6.36. The van der Waals surface area contributed by atoms with Crippen LogP contribution in [0.15, 0.2) is 66.9 Å². The first kappa shape index (κ1) is 27.8. The van der Waals surface area contributed by atoms with E-state index in [9.17, 15) is 4.79 Å². The Morgan fingerprint density at radius 1 is 1.03 bits per heavy atom. The summed E-state index contributed by atoms with van der Waals surface area (Å²) in [5.74, 6) is 6.56. The molecule has 9 heteroatoms. The Labute approximate surface area is 228 Å². The highest BCUT2D eigenvalue weighted by Crippen LogP contribution is 2.28. The number of nitrogens with two attached hydrogens (primary N) is 1. The molecule has 0 fully saturated rings. The van der Waals surface area contributed by atoms with Crippen LogP contribution >= 0.6 is 24.8 Å². The van der Waals surface area contributed by atoms with E-state index in [1.807, 2.05) is 48.0 Å². The molecule has 5 rings (SSSR count). The minimum Gasteiger partial charge on any atom is -0.368 e. The third-order valence-electron chi connectivity index (χ3n) is 6.07. The molecule has 3 heterocycles. The molecule has 0 saturated carbocycles. The molecule has 0 saturated heterocycles. The number of benzene rings is 2. The van der Waals surface area contributed by atoms with E-state index in [4.69, 9.17) is 5.73 Å². The SMILES string of the molecule is Cl.Cl.Cn1c(-c2nc(N)ncc2C#Cc2cccc(CNCc3ccccc3)c2)cc2c1CCNC2=O.